The molecule has 158 valence electrons. The molecular weight excluding hydrogens is 410 g/mol. The number of anilines is 1. The number of nitrogens with one attached hydrogen (secondary N) is 2. The summed E-state index contributed by atoms with van der Waals surface area (Å²) in [7, 11) is 0. The Balaban J connectivity index is 1.39. The molecule has 0 aliphatic carbocycles. The van der Waals surface area contributed by atoms with Crippen molar-refractivity contribution in [2.75, 3.05) is 5.32 Å². The molecule has 1 atom stereocenters. The Morgan fingerprint density at radius 3 is 2.74 bits per heavy atom. The van der Waals surface area contributed by atoms with Crippen LogP contribution in [0.3, 0.4) is 0 Å². The van der Waals surface area contributed by atoms with Gasteiger partial charge in [0.25, 0.3) is 5.91 Å². The molecule has 0 fully saturated rings. The van der Waals surface area contributed by atoms with E-state index in [2.05, 4.69) is 15.6 Å². The summed E-state index contributed by atoms with van der Waals surface area (Å²) < 4.78 is 6.81. The highest BCUT2D eigenvalue weighted by Gasteiger charge is 2.15. The molecule has 0 spiro atoms. The van der Waals surface area contributed by atoms with Crippen LogP contribution in [-0.4, -0.2) is 16.8 Å². The highest BCUT2D eigenvalue weighted by Crippen LogP contribution is 2.31. The molecule has 0 radical (unpaired) electrons. The molecule has 0 saturated heterocycles. The summed E-state index contributed by atoms with van der Waals surface area (Å²) in [6.07, 6.45) is 0.781. The van der Waals surface area contributed by atoms with Crippen LogP contribution in [0, 0.1) is 5.92 Å². The molecule has 2 heterocycles. The predicted molar refractivity (Wildman–Crippen MR) is 123 cm³/mol. The molecule has 0 aliphatic rings. The van der Waals surface area contributed by atoms with Crippen LogP contribution in [0.15, 0.2) is 65.1 Å². The maximum absolute atomic E-state index is 12.5. The molecule has 0 saturated carbocycles. The topological polar surface area (TPSA) is 84.2 Å². The fraction of sp³-hybridized carbons (Fsp3) is 0.208. The number of carbonyl (C=O) groups excluding carboxylic acids is 2. The fourth-order valence-corrected chi connectivity index (χ4v) is 3.96. The van der Waals surface area contributed by atoms with Gasteiger partial charge in [-0.05, 0) is 48.4 Å². The number of fused-ring (bicyclic) bond motifs is 1. The molecular formula is C24H23N3O3S. The number of rotatable bonds is 7. The number of amides is 2. The molecule has 2 N–H and O–H groups in total. The van der Waals surface area contributed by atoms with Gasteiger partial charge in [0.15, 0.2) is 16.5 Å². The van der Waals surface area contributed by atoms with Crippen molar-refractivity contribution in [3.05, 3.63) is 72.0 Å². The highest BCUT2D eigenvalue weighted by atomic mass is 32.1. The van der Waals surface area contributed by atoms with Gasteiger partial charge in [-0.3, -0.25) is 9.59 Å². The molecule has 2 aromatic carbocycles. The van der Waals surface area contributed by atoms with Gasteiger partial charge < -0.3 is 15.1 Å². The van der Waals surface area contributed by atoms with E-state index in [0.29, 0.717) is 18.0 Å². The van der Waals surface area contributed by atoms with Crippen LogP contribution >= 0.6 is 11.3 Å². The van der Waals surface area contributed by atoms with Gasteiger partial charge >= 0.3 is 0 Å². The summed E-state index contributed by atoms with van der Waals surface area (Å²) in [6, 6.07) is 18.7. The Morgan fingerprint density at radius 2 is 1.94 bits per heavy atom. The lowest BCUT2D eigenvalue weighted by Crippen LogP contribution is -2.22. The number of carbonyl (C=O) groups is 2. The SMILES string of the molecule is CCC(C)C(=O)Nc1cccc(CNC(=O)c2ccc(-c3nc4ccccc4s3)o2)c1. The number of thiazole rings is 1. The first kappa shape index (κ1) is 20.8. The van der Waals surface area contributed by atoms with E-state index in [1.54, 1.807) is 12.1 Å². The lowest BCUT2D eigenvalue weighted by molar-refractivity contribution is -0.119. The summed E-state index contributed by atoms with van der Waals surface area (Å²) in [5.41, 5.74) is 2.51. The van der Waals surface area contributed by atoms with E-state index in [1.807, 2.05) is 62.4 Å². The first-order valence-electron chi connectivity index (χ1n) is 10.2. The summed E-state index contributed by atoms with van der Waals surface area (Å²) in [6.45, 7) is 4.20. The average Bonchev–Trinajstić information content (AvgIpc) is 3.44. The first-order valence-corrected chi connectivity index (χ1v) is 11.0. The second-order valence-electron chi connectivity index (χ2n) is 7.33. The van der Waals surface area contributed by atoms with Gasteiger partial charge in [-0.2, -0.15) is 0 Å². The summed E-state index contributed by atoms with van der Waals surface area (Å²) >= 11 is 1.52. The molecule has 1 unspecified atom stereocenters. The van der Waals surface area contributed by atoms with Crippen LogP contribution in [0.1, 0.15) is 36.4 Å². The molecule has 0 bridgehead atoms. The van der Waals surface area contributed by atoms with E-state index in [9.17, 15) is 9.59 Å². The second kappa shape index (κ2) is 9.14. The van der Waals surface area contributed by atoms with Crippen molar-refractivity contribution in [2.24, 2.45) is 5.92 Å². The van der Waals surface area contributed by atoms with Crippen LogP contribution in [0.4, 0.5) is 5.69 Å². The molecule has 7 heteroatoms. The summed E-state index contributed by atoms with van der Waals surface area (Å²) in [4.78, 5) is 29.2. The van der Waals surface area contributed by atoms with Gasteiger partial charge in [-0.15, -0.1) is 11.3 Å². The fourth-order valence-electron chi connectivity index (χ4n) is 3.03. The number of benzene rings is 2. The van der Waals surface area contributed by atoms with Gasteiger partial charge in [0.2, 0.25) is 5.91 Å². The molecule has 4 aromatic rings. The van der Waals surface area contributed by atoms with Gasteiger partial charge in [0.05, 0.1) is 10.2 Å². The largest absolute Gasteiger partial charge is 0.448 e. The second-order valence-corrected chi connectivity index (χ2v) is 8.36. The Labute approximate surface area is 184 Å². The molecule has 31 heavy (non-hydrogen) atoms. The van der Waals surface area contributed by atoms with Crippen molar-refractivity contribution in [3.63, 3.8) is 0 Å². The van der Waals surface area contributed by atoms with E-state index in [1.165, 1.54) is 11.3 Å². The van der Waals surface area contributed by atoms with Crippen molar-refractivity contribution in [3.8, 4) is 10.8 Å². The van der Waals surface area contributed by atoms with Gasteiger partial charge in [0.1, 0.15) is 0 Å². The third-order valence-corrected chi connectivity index (χ3v) is 6.09. The van der Waals surface area contributed by atoms with E-state index >= 15 is 0 Å². The van der Waals surface area contributed by atoms with E-state index in [4.69, 9.17) is 4.42 Å². The minimum Gasteiger partial charge on any atom is -0.448 e. The van der Waals surface area contributed by atoms with Crippen molar-refractivity contribution in [2.45, 2.75) is 26.8 Å². The normalized spacial score (nSPS) is 11.9. The summed E-state index contributed by atoms with van der Waals surface area (Å²) in [5.74, 6) is 0.437. The molecule has 2 aromatic heterocycles. The average molecular weight is 434 g/mol. The maximum atomic E-state index is 12.5. The van der Waals surface area contributed by atoms with Crippen LogP contribution in [0.25, 0.3) is 21.0 Å². The molecule has 6 nitrogen and oxygen atoms in total. The lowest BCUT2D eigenvalue weighted by atomic mass is 10.1. The molecule has 0 aliphatic heterocycles. The lowest BCUT2D eigenvalue weighted by Gasteiger charge is -2.11. The number of aromatic nitrogens is 1. The standard InChI is InChI=1S/C24H23N3O3S/c1-3-15(2)22(28)26-17-8-6-7-16(13-17)14-25-23(29)19-11-12-20(30-19)24-27-18-9-4-5-10-21(18)31-24/h4-13,15H,3,14H2,1-2H3,(H,25,29)(H,26,28). The van der Waals surface area contributed by atoms with Crippen LogP contribution in [0.2, 0.25) is 0 Å². The highest BCUT2D eigenvalue weighted by molar-refractivity contribution is 7.21. The minimum absolute atomic E-state index is 0.0124. The first-order chi connectivity index (χ1) is 15.0. The maximum Gasteiger partial charge on any atom is 0.287 e. The van der Waals surface area contributed by atoms with E-state index in [-0.39, 0.29) is 23.5 Å². The Hall–Kier alpha value is -3.45. The van der Waals surface area contributed by atoms with Gasteiger partial charge in [0, 0.05) is 18.2 Å². The van der Waals surface area contributed by atoms with Crippen molar-refractivity contribution in [1.29, 1.82) is 0 Å². The van der Waals surface area contributed by atoms with E-state index < -0.39 is 0 Å². The quantitative estimate of drug-likeness (QED) is 0.405. The number of hydrogen-bond acceptors (Lipinski definition) is 5. The van der Waals surface area contributed by atoms with Gasteiger partial charge in [-0.1, -0.05) is 38.1 Å². The third-order valence-electron chi connectivity index (χ3n) is 5.04. The van der Waals surface area contributed by atoms with Crippen molar-refractivity contribution in [1.82, 2.24) is 10.3 Å². The zero-order valence-electron chi connectivity index (χ0n) is 17.3. The summed E-state index contributed by atoms with van der Waals surface area (Å²) in [5, 5.41) is 6.51. The smallest absolute Gasteiger partial charge is 0.287 e. The van der Waals surface area contributed by atoms with Crippen LogP contribution in [0.5, 0.6) is 0 Å². The van der Waals surface area contributed by atoms with Gasteiger partial charge in [-0.25, -0.2) is 4.98 Å². The molecule has 4 rings (SSSR count). The number of para-hydroxylation sites is 1. The number of hydrogen-bond donors (Lipinski definition) is 2. The van der Waals surface area contributed by atoms with Crippen LogP contribution in [-0.2, 0) is 11.3 Å². The number of furan rings is 1. The van der Waals surface area contributed by atoms with Crippen molar-refractivity contribution < 1.29 is 14.0 Å². The minimum atomic E-state index is -0.304. The Bertz CT molecular complexity index is 1190. The monoisotopic (exact) mass is 433 g/mol. The van der Waals surface area contributed by atoms with Crippen molar-refractivity contribution >= 4 is 39.1 Å². The van der Waals surface area contributed by atoms with E-state index in [0.717, 1.165) is 27.2 Å². The predicted octanol–water partition coefficient (Wildman–Crippen LogP) is 5.47. The Kier molecular flexibility index (Phi) is 6.13. The number of nitrogens with zero attached hydrogens (tertiary/aromatic N) is 1. The Morgan fingerprint density at radius 1 is 1.10 bits per heavy atom. The van der Waals surface area contributed by atoms with Crippen LogP contribution < -0.4 is 10.6 Å². The molecule has 2 amide bonds. The zero-order chi connectivity index (χ0) is 21.8. The third kappa shape index (κ3) is 4.83. The zero-order valence-corrected chi connectivity index (χ0v) is 18.2.